The average Bonchev–Trinajstić information content (AvgIpc) is 3.25. The minimum Gasteiger partial charge on any atom is -0.327 e. The molecular formula is C19H16Cl2N6OS. The van der Waals surface area contributed by atoms with Crippen molar-refractivity contribution in [1.29, 1.82) is 0 Å². The molecule has 29 heavy (non-hydrogen) atoms. The number of benzene rings is 2. The molecule has 2 aromatic heterocycles. The second kappa shape index (κ2) is 8.06. The van der Waals surface area contributed by atoms with Crippen molar-refractivity contribution in [2.24, 2.45) is 14.1 Å². The first kappa shape index (κ1) is 19.8. The zero-order valence-electron chi connectivity index (χ0n) is 15.6. The Morgan fingerprint density at radius 2 is 1.86 bits per heavy atom. The second-order valence-electron chi connectivity index (χ2n) is 6.39. The van der Waals surface area contributed by atoms with Crippen molar-refractivity contribution in [2.45, 2.75) is 5.16 Å². The number of halogens is 2. The van der Waals surface area contributed by atoms with Gasteiger partial charge in [-0.15, -0.1) is 10.2 Å². The fourth-order valence-corrected chi connectivity index (χ4v) is 3.88. The summed E-state index contributed by atoms with van der Waals surface area (Å²) >= 11 is 13.6. The Hall–Kier alpha value is -2.55. The first-order valence-corrected chi connectivity index (χ1v) is 10.3. The number of hydrogen-bond acceptors (Lipinski definition) is 5. The zero-order valence-corrected chi connectivity index (χ0v) is 17.9. The van der Waals surface area contributed by atoms with Gasteiger partial charge in [-0.05, 0) is 36.4 Å². The van der Waals surface area contributed by atoms with E-state index in [-0.39, 0.29) is 11.7 Å². The molecule has 1 amide bonds. The van der Waals surface area contributed by atoms with E-state index >= 15 is 0 Å². The van der Waals surface area contributed by atoms with Crippen molar-refractivity contribution in [2.75, 3.05) is 11.1 Å². The number of nitrogens with zero attached hydrogens (tertiary/aromatic N) is 5. The summed E-state index contributed by atoms with van der Waals surface area (Å²) in [5, 5.41) is 12.3. The predicted molar refractivity (Wildman–Crippen MR) is 117 cm³/mol. The summed E-state index contributed by atoms with van der Waals surface area (Å²) < 4.78 is 3.73. The van der Waals surface area contributed by atoms with Gasteiger partial charge < -0.3 is 14.5 Å². The van der Waals surface area contributed by atoms with Crippen molar-refractivity contribution >= 4 is 57.6 Å². The van der Waals surface area contributed by atoms with Gasteiger partial charge in [0.15, 0.2) is 5.16 Å². The second-order valence-corrected chi connectivity index (χ2v) is 8.14. The van der Waals surface area contributed by atoms with Crippen LogP contribution in [0.5, 0.6) is 0 Å². The average molecular weight is 447 g/mol. The molecule has 0 aliphatic carbocycles. The number of carbonyl (C=O) groups excluding carboxylic acids is 1. The summed E-state index contributed by atoms with van der Waals surface area (Å²) in [5.41, 5.74) is 3.30. The Labute approximate surface area is 181 Å². The number of nitrogens with one attached hydrogen (secondary N) is 1. The third kappa shape index (κ3) is 4.10. The molecule has 0 atom stereocenters. The fraction of sp³-hybridized carbons (Fsp3) is 0.158. The summed E-state index contributed by atoms with van der Waals surface area (Å²) in [7, 11) is 3.76. The summed E-state index contributed by atoms with van der Waals surface area (Å²) in [6.45, 7) is 0. The Kier molecular flexibility index (Phi) is 5.49. The molecule has 0 bridgehead atoms. The van der Waals surface area contributed by atoms with Gasteiger partial charge in [0.1, 0.15) is 12.2 Å². The van der Waals surface area contributed by atoms with E-state index in [0.29, 0.717) is 20.9 Å². The van der Waals surface area contributed by atoms with Crippen LogP contribution in [0, 0.1) is 0 Å². The lowest BCUT2D eigenvalue weighted by Gasteiger charge is -2.07. The molecule has 0 fully saturated rings. The molecular weight excluding hydrogens is 431 g/mol. The molecule has 0 spiro atoms. The van der Waals surface area contributed by atoms with E-state index in [4.69, 9.17) is 23.2 Å². The maximum Gasteiger partial charge on any atom is 0.234 e. The van der Waals surface area contributed by atoms with Crippen molar-refractivity contribution in [3.05, 3.63) is 52.8 Å². The lowest BCUT2D eigenvalue weighted by molar-refractivity contribution is -0.113. The number of anilines is 1. The number of fused-ring (bicyclic) bond motifs is 1. The number of imidazole rings is 1. The SMILES string of the molecule is Cn1cnnc1SCC(=O)Nc1ccc(-c2nc3cc(Cl)c(Cl)cc3n2C)cc1. The minimum atomic E-state index is -0.113. The van der Waals surface area contributed by atoms with Crippen LogP contribution < -0.4 is 5.32 Å². The first-order chi connectivity index (χ1) is 13.9. The number of aromatic nitrogens is 5. The first-order valence-electron chi connectivity index (χ1n) is 8.61. The molecule has 7 nitrogen and oxygen atoms in total. The van der Waals surface area contributed by atoms with Gasteiger partial charge in [0.05, 0.1) is 26.8 Å². The van der Waals surface area contributed by atoms with E-state index < -0.39 is 0 Å². The number of hydrogen-bond donors (Lipinski definition) is 1. The lowest BCUT2D eigenvalue weighted by atomic mass is 10.2. The lowest BCUT2D eigenvalue weighted by Crippen LogP contribution is -2.14. The van der Waals surface area contributed by atoms with Crippen LogP contribution in [0.15, 0.2) is 47.9 Å². The van der Waals surface area contributed by atoms with E-state index in [9.17, 15) is 4.79 Å². The summed E-state index contributed by atoms with van der Waals surface area (Å²) in [4.78, 5) is 16.8. The van der Waals surface area contributed by atoms with Crippen LogP contribution in [0.2, 0.25) is 10.0 Å². The third-order valence-electron chi connectivity index (χ3n) is 4.35. The highest BCUT2D eigenvalue weighted by atomic mass is 35.5. The third-order valence-corrected chi connectivity index (χ3v) is 6.11. The zero-order chi connectivity index (χ0) is 20.5. The molecule has 4 rings (SSSR count). The van der Waals surface area contributed by atoms with Crippen LogP contribution in [-0.2, 0) is 18.9 Å². The van der Waals surface area contributed by atoms with Crippen LogP contribution in [-0.4, -0.2) is 36.0 Å². The number of aryl methyl sites for hydroxylation is 2. The van der Waals surface area contributed by atoms with Gasteiger partial charge in [-0.1, -0.05) is 35.0 Å². The highest BCUT2D eigenvalue weighted by molar-refractivity contribution is 7.99. The van der Waals surface area contributed by atoms with Crippen LogP contribution in [0.3, 0.4) is 0 Å². The van der Waals surface area contributed by atoms with Crippen LogP contribution in [0.4, 0.5) is 5.69 Å². The highest BCUT2D eigenvalue weighted by Crippen LogP contribution is 2.31. The van der Waals surface area contributed by atoms with Crippen molar-refractivity contribution in [1.82, 2.24) is 24.3 Å². The smallest absolute Gasteiger partial charge is 0.234 e. The predicted octanol–water partition coefficient (Wildman–Crippen LogP) is 4.41. The van der Waals surface area contributed by atoms with E-state index in [0.717, 1.165) is 22.4 Å². The molecule has 0 unspecified atom stereocenters. The number of amides is 1. The molecule has 0 aliphatic rings. The van der Waals surface area contributed by atoms with Crippen LogP contribution >= 0.6 is 35.0 Å². The standard InChI is InChI=1S/C19H16Cl2N6OS/c1-26-10-22-25-19(26)29-9-17(28)23-12-5-3-11(4-6-12)18-24-15-7-13(20)14(21)8-16(15)27(18)2/h3-8,10H,9H2,1-2H3,(H,23,28). The normalized spacial score (nSPS) is 11.2. The van der Waals surface area contributed by atoms with Gasteiger partial charge in [-0.2, -0.15) is 0 Å². The van der Waals surface area contributed by atoms with E-state index in [1.165, 1.54) is 11.8 Å². The summed E-state index contributed by atoms with van der Waals surface area (Å²) in [6.07, 6.45) is 1.60. The van der Waals surface area contributed by atoms with Crippen molar-refractivity contribution < 1.29 is 4.79 Å². The molecule has 2 aromatic carbocycles. The highest BCUT2D eigenvalue weighted by Gasteiger charge is 2.13. The quantitative estimate of drug-likeness (QED) is 0.459. The maximum absolute atomic E-state index is 12.2. The topological polar surface area (TPSA) is 77.6 Å². The monoisotopic (exact) mass is 446 g/mol. The minimum absolute atomic E-state index is 0.113. The number of carbonyl (C=O) groups is 1. The van der Waals surface area contributed by atoms with Gasteiger partial charge in [0.25, 0.3) is 0 Å². The fourth-order valence-electron chi connectivity index (χ4n) is 2.88. The maximum atomic E-state index is 12.2. The van der Waals surface area contributed by atoms with E-state index in [1.807, 2.05) is 42.9 Å². The van der Waals surface area contributed by atoms with Crippen molar-refractivity contribution in [3.8, 4) is 11.4 Å². The van der Waals surface area contributed by atoms with Crippen LogP contribution in [0.1, 0.15) is 0 Å². The van der Waals surface area contributed by atoms with Crippen molar-refractivity contribution in [3.63, 3.8) is 0 Å². The molecule has 0 saturated carbocycles. The molecule has 0 saturated heterocycles. The Bertz CT molecular complexity index is 1200. The van der Waals surface area contributed by atoms with Gasteiger partial charge in [0.2, 0.25) is 5.91 Å². The molecule has 4 aromatic rings. The molecule has 1 N–H and O–H groups in total. The largest absolute Gasteiger partial charge is 0.327 e. The number of rotatable bonds is 5. The van der Waals surface area contributed by atoms with Gasteiger partial charge in [0, 0.05) is 25.3 Å². The van der Waals surface area contributed by atoms with Crippen LogP contribution in [0.25, 0.3) is 22.4 Å². The summed E-state index contributed by atoms with van der Waals surface area (Å²) in [6, 6.07) is 11.1. The van der Waals surface area contributed by atoms with Gasteiger partial charge in [-0.3, -0.25) is 4.79 Å². The summed E-state index contributed by atoms with van der Waals surface area (Å²) in [5.74, 6) is 0.924. The van der Waals surface area contributed by atoms with Gasteiger partial charge >= 0.3 is 0 Å². The molecule has 2 heterocycles. The Morgan fingerprint density at radius 1 is 1.14 bits per heavy atom. The van der Waals surface area contributed by atoms with E-state index in [2.05, 4.69) is 20.5 Å². The molecule has 148 valence electrons. The van der Waals surface area contributed by atoms with E-state index in [1.54, 1.807) is 23.0 Å². The number of thioether (sulfide) groups is 1. The Balaban J connectivity index is 1.48. The van der Waals surface area contributed by atoms with Gasteiger partial charge in [-0.25, -0.2) is 4.98 Å². The Morgan fingerprint density at radius 3 is 2.55 bits per heavy atom. The molecule has 0 radical (unpaired) electrons. The molecule has 0 aliphatic heterocycles. The molecule has 10 heteroatoms.